The lowest BCUT2D eigenvalue weighted by molar-refractivity contribution is -0.122. The fourth-order valence-electron chi connectivity index (χ4n) is 2.39. The van der Waals surface area contributed by atoms with Crippen LogP contribution in [0.3, 0.4) is 0 Å². The van der Waals surface area contributed by atoms with E-state index in [0.29, 0.717) is 11.4 Å². The van der Waals surface area contributed by atoms with E-state index in [-0.39, 0.29) is 11.4 Å². The average molecular weight is 302 g/mol. The van der Waals surface area contributed by atoms with Gasteiger partial charge in [0.1, 0.15) is 0 Å². The lowest BCUT2D eigenvalue weighted by Crippen LogP contribution is -2.45. The first kappa shape index (κ1) is 15.6. The van der Waals surface area contributed by atoms with E-state index in [9.17, 15) is 4.79 Å². The molecule has 3 heteroatoms. The Morgan fingerprint density at radius 1 is 1.05 bits per heavy atom. The second-order valence-electron chi connectivity index (χ2n) is 5.86. The molecular weight excluding hydrogens is 282 g/mol. The van der Waals surface area contributed by atoms with Gasteiger partial charge in [0, 0.05) is 10.6 Å². The van der Waals surface area contributed by atoms with Crippen LogP contribution in [0.15, 0.2) is 54.6 Å². The van der Waals surface area contributed by atoms with Gasteiger partial charge in [-0.05, 0) is 37.5 Å². The predicted molar refractivity (Wildman–Crippen MR) is 87.5 cm³/mol. The molecule has 21 heavy (non-hydrogen) atoms. The lowest BCUT2D eigenvalue weighted by atomic mass is 9.94. The van der Waals surface area contributed by atoms with Gasteiger partial charge in [-0.1, -0.05) is 60.1 Å². The van der Waals surface area contributed by atoms with E-state index < -0.39 is 0 Å². The van der Waals surface area contributed by atoms with Crippen molar-refractivity contribution in [2.24, 2.45) is 0 Å². The van der Waals surface area contributed by atoms with Crippen molar-refractivity contribution in [1.29, 1.82) is 0 Å². The van der Waals surface area contributed by atoms with E-state index in [2.05, 4.69) is 17.4 Å². The Labute approximate surface area is 131 Å². The molecule has 0 aliphatic heterocycles. The third kappa shape index (κ3) is 4.91. The predicted octanol–water partition coefficient (Wildman–Crippen LogP) is 4.02. The Morgan fingerprint density at radius 2 is 1.67 bits per heavy atom. The van der Waals surface area contributed by atoms with Crippen LogP contribution in [-0.4, -0.2) is 11.4 Å². The highest BCUT2D eigenvalue weighted by atomic mass is 35.5. The first-order chi connectivity index (χ1) is 9.96. The van der Waals surface area contributed by atoms with Crippen LogP contribution in [0.25, 0.3) is 0 Å². The first-order valence-electron chi connectivity index (χ1n) is 7.05. The summed E-state index contributed by atoms with van der Waals surface area (Å²) in [6, 6.07) is 17.6. The zero-order chi connectivity index (χ0) is 15.3. The molecule has 2 rings (SSSR count). The number of benzene rings is 2. The van der Waals surface area contributed by atoms with E-state index >= 15 is 0 Å². The van der Waals surface area contributed by atoms with E-state index in [1.807, 2.05) is 50.2 Å². The monoisotopic (exact) mass is 301 g/mol. The van der Waals surface area contributed by atoms with Crippen LogP contribution < -0.4 is 5.32 Å². The zero-order valence-electron chi connectivity index (χ0n) is 12.4. The number of nitrogens with one attached hydrogen (secondary N) is 1. The number of amides is 1. The Morgan fingerprint density at radius 3 is 2.33 bits per heavy atom. The summed E-state index contributed by atoms with van der Waals surface area (Å²) in [7, 11) is 0. The number of carbonyl (C=O) groups is 1. The smallest absolute Gasteiger partial charge is 0.224 e. The molecule has 0 radical (unpaired) electrons. The third-order valence-corrected chi connectivity index (χ3v) is 3.64. The van der Waals surface area contributed by atoms with E-state index in [4.69, 9.17) is 11.6 Å². The molecule has 2 nitrogen and oxygen atoms in total. The zero-order valence-corrected chi connectivity index (χ0v) is 13.2. The van der Waals surface area contributed by atoms with Gasteiger partial charge in [-0.3, -0.25) is 4.79 Å². The molecular formula is C18H20ClNO. The molecule has 2 aromatic carbocycles. The molecule has 1 N–H and O–H groups in total. The highest BCUT2D eigenvalue weighted by Gasteiger charge is 2.21. The minimum Gasteiger partial charge on any atom is -0.351 e. The van der Waals surface area contributed by atoms with Gasteiger partial charge in [0.2, 0.25) is 5.91 Å². The molecule has 0 aromatic heterocycles. The second kappa shape index (κ2) is 6.77. The summed E-state index contributed by atoms with van der Waals surface area (Å²) in [5.41, 5.74) is 1.77. The van der Waals surface area contributed by atoms with Gasteiger partial charge in [0.05, 0.1) is 6.42 Å². The van der Waals surface area contributed by atoms with Crippen molar-refractivity contribution in [2.75, 3.05) is 0 Å². The summed E-state index contributed by atoms with van der Waals surface area (Å²) in [5.74, 6) is -0.0102. The molecule has 0 aliphatic rings. The number of hydrogen-bond donors (Lipinski definition) is 1. The number of carbonyl (C=O) groups excluding carboxylic acids is 1. The van der Waals surface area contributed by atoms with Crippen LogP contribution in [0.5, 0.6) is 0 Å². The van der Waals surface area contributed by atoms with Crippen molar-refractivity contribution < 1.29 is 4.79 Å². The van der Waals surface area contributed by atoms with Gasteiger partial charge in [0.25, 0.3) is 0 Å². The van der Waals surface area contributed by atoms with Crippen LogP contribution in [0, 0.1) is 0 Å². The summed E-state index contributed by atoms with van der Waals surface area (Å²) < 4.78 is 0. The number of halogens is 1. The molecule has 0 heterocycles. The third-order valence-electron chi connectivity index (χ3n) is 3.28. The molecule has 0 unspecified atom stereocenters. The van der Waals surface area contributed by atoms with E-state index in [1.165, 1.54) is 5.56 Å². The van der Waals surface area contributed by atoms with Gasteiger partial charge in [-0.25, -0.2) is 0 Å². The van der Waals surface area contributed by atoms with Gasteiger partial charge >= 0.3 is 0 Å². The minimum atomic E-state index is -0.292. The van der Waals surface area contributed by atoms with Crippen molar-refractivity contribution in [3.8, 4) is 0 Å². The van der Waals surface area contributed by atoms with Crippen molar-refractivity contribution in [1.82, 2.24) is 5.32 Å². The lowest BCUT2D eigenvalue weighted by Gasteiger charge is -2.26. The number of hydrogen-bond acceptors (Lipinski definition) is 1. The average Bonchev–Trinajstić information content (AvgIpc) is 2.41. The normalized spacial score (nSPS) is 11.2. The van der Waals surface area contributed by atoms with Crippen molar-refractivity contribution in [2.45, 2.75) is 32.2 Å². The van der Waals surface area contributed by atoms with E-state index in [1.54, 1.807) is 6.07 Å². The summed E-state index contributed by atoms with van der Waals surface area (Å²) in [4.78, 5) is 12.2. The first-order valence-corrected chi connectivity index (χ1v) is 7.42. The van der Waals surface area contributed by atoms with Crippen molar-refractivity contribution in [3.05, 3.63) is 70.7 Å². The number of rotatable bonds is 5. The van der Waals surface area contributed by atoms with Crippen molar-refractivity contribution >= 4 is 17.5 Å². The molecule has 110 valence electrons. The van der Waals surface area contributed by atoms with Crippen LogP contribution in [0.1, 0.15) is 25.0 Å². The topological polar surface area (TPSA) is 29.1 Å². The Bertz CT molecular complexity index is 608. The van der Waals surface area contributed by atoms with E-state index in [0.717, 1.165) is 12.0 Å². The molecule has 0 fully saturated rings. The quantitative estimate of drug-likeness (QED) is 0.888. The summed E-state index contributed by atoms with van der Waals surface area (Å²) in [5, 5.41) is 3.72. The Kier molecular flexibility index (Phi) is 5.03. The standard InChI is InChI=1S/C18H20ClNO/c1-18(2,13-14-8-4-3-5-9-14)20-17(21)12-15-10-6-7-11-16(15)19/h3-11H,12-13H2,1-2H3,(H,20,21). The van der Waals surface area contributed by atoms with Gasteiger partial charge in [-0.15, -0.1) is 0 Å². The highest BCUT2D eigenvalue weighted by molar-refractivity contribution is 6.31. The van der Waals surface area contributed by atoms with Crippen LogP contribution >= 0.6 is 11.6 Å². The van der Waals surface area contributed by atoms with Gasteiger partial charge in [0.15, 0.2) is 0 Å². The Balaban J connectivity index is 1.96. The Hall–Kier alpha value is -1.80. The van der Waals surface area contributed by atoms with Crippen LogP contribution in [0.2, 0.25) is 5.02 Å². The maximum Gasteiger partial charge on any atom is 0.224 e. The molecule has 0 saturated carbocycles. The highest BCUT2D eigenvalue weighted by Crippen LogP contribution is 2.17. The van der Waals surface area contributed by atoms with Gasteiger partial charge < -0.3 is 5.32 Å². The maximum absolute atomic E-state index is 12.2. The molecule has 0 bridgehead atoms. The molecule has 0 aliphatic carbocycles. The fourth-order valence-corrected chi connectivity index (χ4v) is 2.59. The molecule has 2 aromatic rings. The molecule has 0 atom stereocenters. The summed E-state index contributed by atoms with van der Waals surface area (Å²) in [6.45, 7) is 4.06. The second-order valence-corrected chi connectivity index (χ2v) is 6.27. The van der Waals surface area contributed by atoms with Crippen LogP contribution in [-0.2, 0) is 17.6 Å². The molecule has 0 saturated heterocycles. The molecule has 1 amide bonds. The summed E-state index contributed by atoms with van der Waals surface area (Å²) >= 11 is 6.09. The summed E-state index contributed by atoms with van der Waals surface area (Å²) in [6.07, 6.45) is 1.10. The maximum atomic E-state index is 12.2. The fraction of sp³-hybridized carbons (Fsp3) is 0.278. The largest absolute Gasteiger partial charge is 0.351 e. The van der Waals surface area contributed by atoms with Gasteiger partial charge in [-0.2, -0.15) is 0 Å². The minimum absolute atomic E-state index is 0.0102. The van der Waals surface area contributed by atoms with Crippen molar-refractivity contribution in [3.63, 3.8) is 0 Å². The SMILES string of the molecule is CC(C)(Cc1ccccc1)NC(=O)Cc1ccccc1Cl. The van der Waals surface area contributed by atoms with Crippen LogP contribution in [0.4, 0.5) is 0 Å². The molecule has 0 spiro atoms.